The smallest absolute Gasteiger partial charge is 0.216 e. The molecule has 0 aliphatic carbocycles. The van der Waals surface area contributed by atoms with Gasteiger partial charge in [-0.1, -0.05) is 23.7 Å². The Morgan fingerprint density at radius 2 is 1.87 bits per heavy atom. The summed E-state index contributed by atoms with van der Waals surface area (Å²) in [6, 6.07) is 15.5. The molecule has 23 heavy (non-hydrogen) atoms. The number of halogens is 1. The molecular formula is C16H13ClN4S2. The fourth-order valence-corrected chi connectivity index (χ4v) is 2.71. The molecule has 0 atom stereocenters. The summed E-state index contributed by atoms with van der Waals surface area (Å²) in [5.74, 6) is 0.642. The van der Waals surface area contributed by atoms with E-state index in [4.69, 9.17) is 23.8 Å². The highest BCUT2D eigenvalue weighted by Gasteiger charge is 2.07. The molecule has 3 rings (SSSR count). The van der Waals surface area contributed by atoms with Crippen LogP contribution in [-0.2, 0) is 0 Å². The molecule has 3 aromatic rings. The summed E-state index contributed by atoms with van der Waals surface area (Å²) in [4.78, 5) is 1.21. The highest BCUT2D eigenvalue weighted by Crippen LogP contribution is 2.20. The monoisotopic (exact) mass is 360 g/mol. The van der Waals surface area contributed by atoms with E-state index in [0.29, 0.717) is 15.6 Å². The van der Waals surface area contributed by atoms with Gasteiger partial charge >= 0.3 is 0 Å². The second kappa shape index (κ2) is 7.12. The predicted molar refractivity (Wildman–Crippen MR) is 99.1 cm³/mol. The molecule has 0 bridgehead atoms. The summed E-state index contributed by atoms with van der Waals surface area (Å²) in [5, 5.41) is 12.1. The summed E-state index contributed by atoms with van der Waals surface area (Å²) >= 11 is 12.9. The number of aromatic amines is 1. The van der Waals surface area contributed by atoms with Crippen molar-refractivity contribution in [2.45, 2.75) is 4.90 Å². The minimum atomic E-state index is 0.437. The van der Waals surface area contributed by atoms with Crippen LogP contribution in [0, 0.1) is 4.77 Å². The Morgan fingerprint density at radius 1 is 1.17 bits per heavy atom. The number of aromatic nitrogens is 3. The van der Waals surface area contributed by atoms with Gasteiger partial charge in [0.05, 0.1) is 6.21 Å². The van der Waals surface area contributed by atoms with Gasteiger partial charge in [0.1, 0.15) is 0 Å². The lowest BCUT2D eigenvalue weighted by Crippen LogP contribution is -1.95. The Labute approximate surface area is 148 Å². The molecule has 0 saturated heterocycles. The van der Waals surface area contributed by atoms with Gasteiger partial charge in [-0.05, 0) is 60.4 Å². The summed E-state index contributed by atoms with van der Waals surface area (Å²) < 4.78 is 2.04. The molecule has 1 heterocycles. The van der Waals surface area contributed by atoms with E-state index in [1.807, 2.05) is 42.7 Å². The van der Waals surface area contributed by atoms with Crippen molar-refractivity contribution in [3.8, 4) is 11.4 Å². The molecule has 0 saturated carbocycles. The Morgan fingerprint density at radius 3 is 2.52 bits per heavy atom. The Bertz CT molecular complexity index is 880. The van der Waals surface area contributed by atoms with E-state index >= 15 is 0 Å². The van der Waals surface area contributed by atoms with E-state index in [1.54, 1.807) is 22.7 Å². The quantitative estimate of drug-likeness (QED) is 0.410. The van der Waals surface area contributed by atoms with Crippen molar-refractivity contribution in [1.29, 1.82) is 0 Å². The summed E-state index contributed by atoms with van der Waals surface area (Å²) in [6.45, 7) is 0. The number of H-pyrrole nitrogens is 1. The third kappa shape index (κ3) is 3.72. The van der Waals surface area contributed by atoms with Crippen LogP contribution in [-0.4, -0.2) is 27.3 Å². The van der Waals surface area contributed by atoms with Gasteiger partial charge in [-0.3, -0.25) is 0 Å². The van der Waals surface area contributed by atoms with E-state index in [9.17, 15) is 0 Å². The number of nitrogens with zero attached hydrogens (tertiary/aromatic N) is 3. The Balaban J connectivity index is 1.93. The molecule has 0 unspecified atom stereocenters. The third-order valence-electron chi connectivity index (χ3n) is 3.19. The molecule has 0 radical (unpaired) electrons. The van der Waals surface area contributed by atoms with Crippen LogP contribution in [0.4, 0.5) is 0 Å². The first-order valence-corrected chi connectivity index (χ1v) is 8.80. The molecular weight excluding hydrogens is 348 g/mol. The van der Waals surface area contributed by atoms with Crippen LogP contribution >= 0.6 is 35.6 Å². The topological polar surface area (TPSA) is 46.0 Å². The van der Waals surface area contributed by atoms with Gasteiger partial charge in [0.2, 0.25) is 4.77 Å². The minimum Gasteiger partial charge on any atom is -0.250 e. The van der Waals surface area contributed by atoms with E-state index in [0.717, 1.165) is 11.1 Å². The minimum absolute atomic E-state index is 0.437. The zero-order valence-corrected chi connectivity index (χ0v) is 14.6. The molecule has 0 aliphatic rings. The lowest BCUT2D eigenvalue weighted by atomic mass is 10.2. The number of nitrogens with one attached hydrogen (secondary N) is 1. The molecule has 2 aromatic carbocycles. The maximum Gasteiger partial charge on any atom is 0.216 e. The van der Waals surface area contributed by atoms with Crippen molar-refractivity contribution < 1.29 is 0 Å². The first-order valence-electron chi connectivity index (χ1n) is 6.79. The van der Waals surface area contributed by atoms with Crippen molar-refractivity contribution in [3.63, 3.8) is 0 Å². The first-order chi connectivity index (χ1) is 11.2. The molecule has 7 heteroatoms. The van der Waals surface area contributed by atoms with E-state index in [1.165, 1.54) is 4.90 Å². The van der Waals surface area contributed by atoms with E-state index < -0.39 is 0 Å². The van der Waals surface area contributed by atoms with Crippen LogP contribution in [0.15, 0.2) is 58.5 Å². The van der Waals surface area contributed by atoms with Crippen LogP contribution in [0.2, 0.25) is 5.02 Å². The van der Waals surface area contributed by atoms with E-state index in [-0.39, 0.29) is 0 Å². The van der Waals surface area contributed by atoms with Crippen molar-refractivity contribution in [3.05, 3.63) is 63.9 Å². The van der Waals surface area contributed by atoms with Crippen molar-refractivity contribution in [2.75, 3.05) is 6.26 Å². The van der Waals surface area contributed by atoms with Crippen LogP contribution in [0.5, 0.6) is 0 Å². The molecule has 1 N–H and O–H groups in total. The van der Waals surface area contributed by atoms with Gasteiger partial charge in [-0.2, -0.15) is 14.9 Å². The number of rotatable bonds is 4. The van der Waals surface area contributed by atoms with Gasteiger partial charge in [0.15, 0.2) is 5.82 Å². The molecule has 0 aliphatic heterocycles. The van der Waals surface area contributed by atoms with Crippen LogP contribution in [0.25, 0.3) is 11.4 Å². The van der Waals surface area contributed by atoms with Gasteiger partial charge in [0, 0.05) is 15.5 Å². The highest BCUT2D eigenvalue weighted by molar-refractivity contribution is 7.98. The fraction of sp³-hybridized carbons (Fsp3) is 0.0625. The highest BCUT2D eigenvalue weighted by atomic mass is 35.5. The van der Waals surface area contributed by atoms with Gasteiger partial charge < -0.3 is 0 Å². The van der Waals surface area contributed by atoms with Crippen molar-refractivity contribution in [1.82, 2.24) is 14.9 Å². The molecule has 0 amide bonds. The standard InChI is InChI=1S/C16H13ClN4S2/c1-23-14-8-2-11(3-9-14)10-18-21-15(19-20-16(21)22)12-4-6-13(17)7-5-12/h2-10H,1H3,(H,20,22)/b18-10+. The number of hydrogen-bond donors (Lipinski definition) is 1. The fourth-order valence-electron chi connectivity index (χ4n) is 2.00. The largest absolute Gasteiger partial charge is 0.250 e. The maximum atomic E-state index is 5.92. The zero-order valence-electron chi connectivity index (χ0n) is 12.2. The van der Waals surface area contributed by atoms with Gasteiger partial charge in [-0.25, -0.2) is 5.10 Å². The average Bonchev–Trinajstić information content (AvgIpc) is 2.95. The van der Waals surface area contributed by atoms with Crippen molar-refractivity contribution >= 4 is 41.8 Å². The molecule has 0 fully saturated rings. The Hall–Kier alpha value is -1.89. The lowest BCUT2D eigenvalue weighted by Gasteiger charge is -2.01. The zero-order chi connectivity index (χ0) is 16.2. The van der Waals surface area contributed by atoms with Crippen LogP contribution in [0.3, 0.4) is 0 Å². The van der Waals surface area contributed by atoms with Crippen molar-refractivity contribution in [2.24, 2.45) is 5.10 Å². The molecule has 4 nitrogen and oxygen atoms in total. The molecule has 1 aromatic heterocycles. The van der Waals surface area contributed by atoms with Gasteiger partial charge in [0.25, 0.3) is 0 Å². The van der Waals surface area contributed by atoms with Gasteiger partial charge in [-0.15, -0.1) is 11.8 Å². The molecule has 0 spiro atoms. The SMILES string of the molecule is CSc1ccc(/C=N/n2c(-c3ccc(Cl)cc3)n[nH]c2=S)cc1. The van der Waals surface area contributed by atoms with Crippen LogP contribution in [0.1, 0.15) is 5.56 Å². The van der Waals surface area contributed by atoms with E-state index in [2.05, 4.69) is 27.4 Å². The van der Waals surface area contributed by atoms with Crippen LogP contribution < -0.4 is 0 Å². The lowest BCUT2D eigenvalue weighted by molar-refractivity contribution is 0.871. The predicted octanol–water partition coefficient (Wildman–Crippen LogP) is 4.87. The molecule has 116 valence electrons. The second-order valence-electron chi connectivity index (χ2n) is 4.69. The number of thioether (sulfide) groups is 1. The Kier molecular flexibility index (Phi) is 4.95. The maximum absolute atomic E-state index is 5.92. The first kappa shape index (κ1) is 16.0. The third-order valence-corrected chi connectivity index (χ3v) is 4.45. The second-order valence-corrected chi connectivity index (χ2v) is 6.39. The number of hydrogen-bond acceptors (Lipinski definition) is 4. The summed E-state index contributed by atoms with van der Waals surface area (Å²) in [7, 11) is 0. The number of benzene rings is 2. The normalized spacial score (nSPS) is 11.2. The summed E-state index contributed by atoms with van der Waals surface area (Å²) in [6.07, 6.45) is 3.81. The average molecular weight is 361 g/mol. The summed E-state index contributed by atoms with van der Waals surface area (Å²) in [5.41, 5.74) is 1.88.